The van der Waals surface area contributed by atoms with Crippen LogP contribution in [-0.4, -0.2) is 36.1 Å². The second-order valence-corrected chi connectivity index (χ2v) is 7.74. The fourth-order valence-corrected chi connectivity index (χ4v) is 3.44. The molecule has 0 spiro atoms. The van der Waals surface area contributed by atoms with Crippen molar-refractivity contribution in [1.82, 2.24) is 25.0 Å². The third kappa shape index (κ3) is 4.02. The number of hydrogen-bond acceptors (Lipinski definition) is 7. The standard InChI is InChI=1S/C15H15FN6OS2/c1-8(13(23)17-14-20-18-9(2)25-14)24-15-21-19-12(22(15)3)10-4-6-11(16)7-5-10/h4-8H,1-3H3,(H,17,20,23)/t8-/m0/s1. The summed E-state index contributed by atoms with van der Waals surface area (Å²) in [4.78, 5) is 12.3. The van der Waals surface area contributed by atoms with Crippen LogP contribution >= 0.6 is 23.1 Å². The molecule has 1 aromatic carbocycles. The van der Waals surface area contributed by atoms with Gasteiger partial charge in [0.1, 0.15) is 10.8 Å². The van der Waals surface area contributed by atoms with E-state index in [2.05, 4.69) is 25.7 Å². The van der Waals surface area contributed by atoms with Crippen LogP contribution in [0.2, 0.25) is 0 Å². The topological polar surface area (TPSA) is 85.6 Å². The van der Waals surface area contributed by atoms with Crippen molar-refractivity contribution in [3.8, 4) is 11.4 Å². The minimum atomic E-state index is -0.395. The predicted octanol–water partition coefficient (Wildman–Crippen LogP) is 2.90. The van der Waals surface area contributed by atoms with Gasteiger partial charge in [-0.1, -0.05) is 23.1 Å². The number of nitrogens with one attached hydrogen (secondary N) is 1. The van der Waals surface area contributed by atoms with Crippen LogP contribution in [0.3, 0.4) is 0 Å². The van der Waals surface area contributed by atoms with Crippen molar-refractivity contribution in [2.24, 2.45) is 7.05 Å². The molecule has 1 atom stereocenters. The number of amides is 1. The summed E-state index contributed by atoms with van der Waals surface area (Å²) in [6.07, 6.45) is 0. The summed E-state index contributed by atoms with van der Waals surface area (Å²) in [5, 5.41) is 20.2. The third-order valence-corrected chi connectivity index (χ3v) is 5.23. The second kappa shape index (κ2) is 7.28. The van der Waals surface area contributed by atoms with Crippen LogP contribution < -0.4 is 5.32 Å². The normalized spacial score (nSPS) is 12.2. The van der Waals surface area contributed by atoms with Crippen LogP contribution in [-0.2, 0) is 11.8 Å². The number of thioether (sulfide) groups is 1. The molecule has 2 heterocycles. The predicted molar refractivity (Wildman–Crippen MR) is 95.0 cm³/mol. The maximum absolute atomic E-state index is 13.0. The Labute approximate surface area is 151 Å². The number of halogens is 1. The van der Waals surface area contributed by atoms with Crippen LogP contribution in [0.1, 0.15) is 11.9 Å². The number of carbonyl (C=O) groups excluding carboxylic acids is 1. The summed E-state index contributed by atoms with van der Waals surface area (Å²) in [6, 6.07) is 6.03. The van der Waals surface area contributed by atoms with Crippen molar-refractivity contribution in [3.05, 3.63) is 35.1 Å². The quantitative estimate of drug-likeness (QED) is 0.687. The molecular formula is C15H15FN6OS2. The van der Waals surface area contributed by atoms with E-state index in [4.69, 9.17) is 0 Å². The molecule has 0 unspecified atom stereocenters. The van der Waals surface area contributed by atoms with E-state index in [9.17, 15) is 9.18 Å². The Morgan fingerprint density at radius 1 is 1.24 bits per heavy atom. The zero-order valence-electron chi connectivity index (χ0n) is 13.7. The number of carbonyl (C=O) groups is 1. The third-order valence-electron chi connectivity index (χ3n) is 3.34. The van der Waals surface area contributed by atoms with Gasteiger partial charge < -0.3 is 4.57 Å². The van der Waals surface area contributed by atoms with Gasteiger partial charge in [-0.2, -0.15) is 0 Å². The minimum absolute atomic E-state index is 0.188. The summed E-state index contributed by atoms with van der Waals surface area (Å²) >= 11 is 2.60. The molecular weight excluding hydrogens is 363 g/mol. The lowest BCUT2D eigenvalue weighted by molar-refractivity contribution is -0.115. The lowest BCUT2D eigenvalue weighted by Crippen LogP contribution is -2.22. The fourth-order valence-electron chi connectivity index (χ4n) is 2.03. The molecule has 3 aromatic rings. The summed E-state index contributed by atoms with van der Waals surface area (Å²) in [5.41, 5.74) is 0.754. The van der Waals surface area contributed by atoms with E-state index in [1.807, 2.05) is 6.92 Å². The number of aryl methyl sites for hydroxylation is 1. The molecule has 0 fully saturated rings. The highest BCUT2D eigenvalue weighted by molar-refractivity contribution is 8.00. The van der Waals surface area contributed by atoms with Gasteiger partial charge in [0.2, 0.25) is 11.0 Å². The molecule has 1 amide bonds. The number of benzene rings is 1. The zero-order valence-corrected chi connectivity index (χ0v) is 15.4. The maximum atomic E-state index is 13.0. The number of hydrogen-bond donors (Lipinski definition) is 1. The van der Waals surface area contributed by atoms with E-state index in [1.165, 1.54) is 35.2 Å². The van der Waals surface area contributed by atoms with Crippen LogP contribution in [0, 0.1) is 12.7 Å². The van der Waals surface area contributed by atoms with E-state index in [0.29, 0.717) is 16.1 Å². The smallest absolute Gasteiger partial charge is 0.239 e. The molecule has 0 aliphatic heterocycles. The number of rotatable bonds is 5. The van der Waals surface area contributed by atoms with Crippen molar-refractivity contribution < 1.29 is 9.18 Å². The lowest BCUT2D eigenvalue weighted by atomic mass is 10.2. The number of anilines is 1. The highest BCUT2D eigenvalue weighted by atomic mass is 32.2. The Morgan fingerprint density at radius 2 is 1.96 bits per heavy atom. The first-order valence-corrected chi connectivity index (χ1v) is 9.06. The Bertz CT molecular complexity index is 892. The maximum Gasteiger partial charge on any atom is 0.239 e. The largest absolute Gasteiger partial charge is 0.305 e. The Hall–Kier alpha value is -2.33. The Balaban J connectivity index is 1.70. The van der Waals surface area contributed by atoms with Crippen molar-refractivity contribution in [1.29, 1.82) is 0 Å². The minimum Gasteiger partial charge on any atom is -0.305 e. The second-order valence-electron chi connectivity index (χ2n) is 5.25. The van der Waals surface area contributed by atoms with Gasteiger partial charge in [0.25, 0.3) is 0 Å². The van der Waals surface area contributed by atoms with Crippen molar-refractivity contribution in [3.63, 3.8) is 0 Å². The molecule has 2 aromatic heterocycles. The van der Waals surface area contributed by atoms with Crippen LogP contribution in [0.5, 0.6) is 0 Å². The molecule has 0 aliphatic carbocycles. The van der Waals surface area contributed by atoms with Crippen LogP contribution in [0.15, 0.2) is 29.4 Å². The summed E-state index contributed by atoms with van der Waals surface area (Å²) < 4.78 is 14.8. The van der Waals surface area contributed by atoms with Crippen LogP contribution in [0.25, 0.3) is 11.4 Å². The van der Waals surface area contributed by atoms with Gasteiger partial charge in [-0.15, -0.1) is 20.4 Å². The first-order chi connectivity index (χ1) is 11.9. The molecule has 25 heavy (non-hydrogen) atoms. The van der Waals surface area contributed by atoms with E-state index < -0.39 is 5.25 Å². The average molecular weight is 378 g/mol. The summed E-state index contributed by atoms with van der Waals surface area (Å²) in [6.45, 7) is 3.60. The highest BCUT2D eigenvalue weighted by Gasteiger charge is 2.20. The lowest BCUT2D eigenvalue weighted by Gasteiger charge is -2.10. The number of aromatic nitrogens is 5. The van der Waals surface area contributed by atoms with E-state index in [1.54, 1.807) is 30.7 Å². The van der Waals surface area contributed by atoms with Crippen molar-refractivity contribution in [2.45, 2.75) is 24.3 Å². The average Bonchev–Trinajstić information content (AvgIpc) is 3.15. The van der Waals surface area contributed by atoms with Gasteiger partial charge in [0.05, 0.1) is 5.25 Å². The van der Waals surface area contributed by atoms with E-state index >= 15 is 0 Å². The monoisotopic (exact) mass is 378 g/mol. The zero-order chi connectivity index (χ0) is 18.0. The fraction of sp³-hybridized carbons (Fsp3) is 0.267. The molecule has 0 saturated heterocycles. The molecule has 0 bridgehead atoms. The Kier molecular flexibility index (Phi) is 5.09. The molecule has 0 radical (unpaired) electrons. The van der Waals surface area contributed by atoms with Gasteiger partial charge in [-0.25, -0.2) is 4.39 Å². The molecule has 1 N–H and O–H groups in total. The van der Waals surface area contributed by atoms with Gasteiger partial charge >= 0.3 is 0 Å². The molecule has 130 valence electrons. The Morgan fingerprint density at radius 3 is 2.60 bits per heavy atom. The SMILES string of the molecule is Cc1nnc(NC(=O)[C@H](C)Sc2nnc(-c3ccc(F)cc3)n2C)s1. The van der Waals surface area contributed by atoms with Gasteiger partial charge in [0, 0.05) is 12.6 Å². The van der Waals surface area contributed by atoms with Gasteiger partial charge in [0.15, 0.2) is 11.0 Å². The first-order valence-electron chi connectivity index (χ1n) is 7.37. The van der Waals surface area contributed by atoms with Gasteiger partial charge in [-0.3, -0.25) is 10.1 Å². The van der Waals surface area contributed by atoms with Crippen LogP contribution in [0.4, 0.5) is 9.52 Å². The molecule has 10 heteroatoms. The summed E-state index contributed by atoms with van der Waals surface area (Å²) in [5.74, 6) is 0.111. The first kappa shape index (κ1) is 17.5. The molecule has 0 saturated carbocycles. The van der Waals surface area contributed by atoms with E-state index in [-0.39, 0.29) is 11.7 Å². The van der Waals surface area contributed by atoms with E-state index in [0.717, 1.165) is 10.6 Å². The molecule has 3 rings (SSSR count). The molecule has 0 aliphatic rings. The summed E-state index contributed by atoms with van der Waals surface area (Å²) in [7, 11) is 1.81. The highest BCUT2D eigenvalue weighted by Crippen LogP contribution is 2.26. The molecule has 7 nitrogen and oxygen atoms in total. The number of nitrogens with zero attached hydrogens (tertiary/aromatic N) is 5. The van der Waals surface area contributed by atoms with Crippen molar-refractivity contribution in [2.75, 3.05) is 5.32 Å². The van der Waals surface area contributed by atoms with Crippen molar-refractivity contribution >= 4 is 34.1 Å². The van der Waals surface area contributed by atoms with Gasteiger partial charge in [-0.05, 0) is 38.1 Å².